The number of hydrogen-bond acceptors (Lipinski definition) is 5. The lowest BCUT2D eigenvalue weighted by Gasteiger charge is -2.24. The maximum atomic E-state index is 2.33. The molecule has 22 rings (SSSR count). The van der Waals surface area contributed by atoms with Crippen molar-refractivity contribution in [3.8, 4) is 0 Å². The van der Waals surface area contributed by atoms with E-state index in [-0.39, 0.29) is 0 Å². The van der Waals surface area contributed by atoms with Gasteiger partial charge in [-0.1, -0.05) is 334 Å². The SMILES string of the molecule is CN1c2cc3ccccc3cc2C=Cc2ccc3ccccc3c21.CN1c2ccc3ccccc3c2C=Cc2ccc3ccccc3c21.CN1c2ccccc2C=Cc2c1ccc1ccccc21.CN1c2ccccc2C=Cc2cc3ccccc3cc21.CN1c2ccccc2C=Cc2ccc3ccccc3c21. The Morgan fingerprint density at radius 2 is 0.389 bits per heavy atom. The number of para-hydroxylation sites is 3. The van der Waals surface area contributed by atoms with Crippen LogP contribution in [0.5, 0.6) is 0 Å². The molecule has 0 unspecified atom stereocenters. The molecule has 5 heterocycles. The third-order valence-corrected chi connectivity index (χ3v) is 22.0. The fourth-order valence-corrected chi connectivity index (χ4v) is 16.5. The minimum atomic E-state index is 1.25. The van der Waals surface area contributed by atoms with Crippen molar-refractivity contribution in [3.63, 3.8) is 0 Å². The van der Waals surface area contributed by atoms with E-state index in [0.717, 1.165) is 0 Å². The standard InChI is InChI=1S/2C23H17N.3C19H15N/c1-24-22-15-13-16-6-2-4-8-19(16)21(22)14-12-18-11-10-17-7-3-5-9-20(17)23(18)24;1-24-22-15-19-8-3-2-7-18(19)14-20(22)13-12-17-11-10-16-6-4-5-9-21(16)23(17)24;1-20-18-9-5-3-7-15(18)10-12-17-16-8-4-2-6-14(16)11-13-19(17)20;1-20-18-9-5-3-7-15(18)11-13-16-12-10-14-6-2-4-8-17(14)19(16)20;1-20-18-9-5-4-6-14(18)10-11-17-12-15-7-2-3-8-16(15)13-19(17)20/h2*2-15H,1H3;3*2-13H,1H3. The minimum absolute atomic E-state index is 1.25. The summed E-state index contributed by atoms with van der Waals surface area (Å²) in [4.78, 5) is 11.5. The Morgan fingerprint density at radius 3 is 0.796 bits per heavy atom. The van der Waals surface area contributed by atoms with E-state index in [9.17, 15) is 0 Å². The van der Waals surface area contributed by atoms with Crippen LogP contribution >= 0.6 is 0 Å². The summed E-state index contributed by atoms with van der Waals surface area (Å²) in [5.41, 5.74) is 25.3. The quantitative estimate of drug-likeness (QED) is 0.150. The minimum Gasteiger partial charge on any atom is -0.344 e. The molecule has 5 aliphatic rings. The Balaban J connectivity index is 0.0000000954. The molecule has 516 valence electrons. The van der Waals surface area contributed by atoms with Crippen LogP contribution in [0, 0.1) is 0 Å². The molecule has 0 spiro atoms. The smallest absolute Gasteiger partial charge is 0.0561 e. The lowest BCUT2D eigenvalue weighted by molar-refractivity contribution is 1.21. The van der Waals surface area contributed by atoms with Gasteiger partial charge in [-0.15, -0.1) is 0 Å². The van der Waals surface area contributed by atoms with Crippen LogP contribution in [0.3, 0.4) is 0 Å². The number of hydrogen-bond donors (Lipinski definition) is 0. The summed E-state index contributed by atoms with van der Waals surface area (Å²) >= 11 is 0. The van der Waals surface area contributed by atoms with E-state index in [2.05, 4.69) is 448 Å². The van der Waals surface area contributed by atoms with Crippen LogP contribution in [-0.2, 0) is 0 Å². The second-order valence-corrected chi connectivity index (χ2v) is 28.3. The van der Waals surface area contributed by atoms with Crippen molar-refractivity contribution in [2.45, 2.75) is 0 Å². The van der Waals surface area contributed by atoms with Gasteiger partial charge in [0.15, 0.2) is 0 Å². The predicted molar refractivity (Wildman–Crippen MR) is 472 cm³/mol. The van der Waals surface area contributed by atoms with Gasteiger partial charge in [0.1, 0.15) is 0 Å². The Kier molecular flexibility index (Phi) is 17.4. The van der Waals surface area contributed by atoms with Crippen molar-refractivity contribution in [1.29, 1.82) is 0 Å². The molecule has 0 aliphatic carbocycles. The molecule has 0 fully saturated rings. The molecular formula is C103H79N5. The molecule has 0 bridgehead atoms. The molecule has 5 heteroatoms. The maximum Gasteiger partial charge on any atom is 0.0561 e. The molecule has 0 amide bonds. The third-order valence-electron chi connectivity index (χ3n) is 22.0. The number of rotatable bonds is 0. The lowest BCUT2D eigenvalue weighted by Crippen LogP contribution is -2.11. The zero-order valence-corrected chi connectivity index (χ0v) is 61.2. The summed E-state index contributed by atoms with van der Waals surface area (Å²) in [5.74, 6) is 0. The van der Waals surface area contributed by atoms with Crippen molar-refractivity contribution in [3.05, 3.63) is 383 Å². The van der Waals surface area contributed by atoms with Crippen molar-refractivity contribution in [2.75, 3.05) is 59.7 Å². The van der Waals surface area contributed by atoms with E-state index in [1.807, 2.05) is 0 Å². The Morgan fingerprint density at radius 1 is 0.148 bits per heavy atom. The summed E-state index contributed by atoms with van der Waals surface area (Å²) < 4.78 is 0. The molecule has 0 atom stereocenters. The van der Waals surface area contributed by atoms with Gasteiger partial charge in [-0.3, -0.25) is 0 Å². The highest BCUT2D eigenvalue weighted by molar-refractivity contribution is 6.10. The topological polar surface area (TPSA) is 16.2 Å². The summed E-state index contributed by atoms with van der Waals surface area (Å²) in [6.07, 6.45) is 22.3. The average Bonchev–Trinajstić information content (AvgIpc) is 1.51. The van der Waals surface area contributed by atoms with Gasteiger partial charge in [0.2, 0.25) is 0 Å². The zero-order valence-electron chi connectivity index (χ0n) is 61.2. The zero-order chi connectivity index (χ0) is 72.8. The summed E-state index contributed by atoms with van der Waals surface area (Å²) in [5, 5.41) is 18.0. The summed E-state index contributed by atoms with van der Waals surface area (Å²) in [6, 6.07) is 117. The first-order valence-corrected chi connectivity index (χ1v) is 37.2. The first-order valence-electron chi connectivity index (χ1n) is 37.2. The molecule has 0 N–H and O–H groups in total. The molecule has 108 heavy (non-hydrogen) atoms. The largest absolute Gasteiger partial charge is 0.344 e. The predicted octanol–water partition coefficient (Wildman–Crippen LogP) is 27.8. The Bertz CT molecular complexity index is 6480. The molecule has 0 aromatic heterocycles. The molecule has 5 nitrogen and oxygen atoms in total. The van der Waals surface area contributed by atoms with E-state index in [0.29, 0.717) is 0 Å². The number of nitrogens with zero attached hydrogens (tertiary/aromatic N) is 5. The van der Waals surface area contributed by atoms with Gasteiger partial charge < -0.3 is 24.5 Å². The molecule has 0 saturated carbocycles. The van der Waals surface area contributed by atoms with Crippen LogP contribution in [0.25, 0.3) is 136 Å². The molecule has 17 aromatic rings. The molecule has 17 aromatic carbocycles. The maximum absolute atomic E-state index is 2.33. The summed E-state index contributed by atoms with van der Waals surface area (Å²) in [7, 11) is 10.8. The van der Waals surface area contributed by atoms with E-state index >= 15 is 0 Å². The lowest BCUT2D eigenvalue weighted by atomic mass is 10.0. The van der Waals surface area contributed by atoms with E-state index in [4.69, 9.17) is 0 Å². The molecular weight excluding hydrogens is 1310 g/mol. The van der Waals surface area contributed by atoms with Crippen molar-refractivity contribution in [2.24, 2.45) is 0 Å². The highest BCUT2D eigenvalue weighted by Gasteiger charge is 2.23. The first kappa shape index (κ1) is 66.2. The van der Waals surface area contributed by atoms with Crippen LogP contribution in [0.2, 0.25) is 0 Å². The molecule has 0 radical (unpaired) electrons. The fraction of sp³-hybridized carbons (Fsp3) is 0.0485. The van der Waals surface area contributed by atoms with Crippen LogP contribution < -0.4 is 24.5 Å². The van der Waals surface area contributed by atoms with Gasteiger partial charge in [-0.25, -0.2) is 0 Å². The van der Waals surface area contributed by atoms with E-state index < -0.39 is 0 Å². The number of anilines is 10. The number of fused-ring (bicyclic) bond motifs is 22. The monoisotopic (exact) mass is 1390 g/mol. The first-order chi connectivity index (χ1) is 53.1. The summed E-state index contributed by atoms with van der Waals surface area (Å²) in [6.45, 7) is 0. The second-order valence-electron chi connectivity index (χ2n) is 28.3. The second kappa shape index (κ2) is 28.4. The normalized spacial score (nSPS) is 13.0. The van der Waals surface area contributed by atoms with Gasteiger partial charge in [-0.2, -0.15) is 0 Å². The van der Waals surface area contributed by atoms with Gasteiger partial charge in [-0.05, 0) is 158 Å². The van der Waals surface area contributed by atoms with Gasteiger partial charge in [0.05, 0.1) is 17.1 Å². The van der Waals surface area contributed by atoms with E-state index in [1.165, 1.54) is 188 Å². The van der Waals surface area contributed by atoms with Gasteiger partial charge in [0, 0.05) is 102 Å². The molecule has 5 aliphatic heterocycles. The van der Waals surface area contributed by atoms with Gasteiger partial charge >= 0.3 is 0 Å². The van der Waals surface area contributed by atoms with Crippen LogP contribution in [-0.4, -0.2) is 35.2 Å². The number of benzene rings is 17. The van der Waals surface area contributed by atoms with Crippen molar-refractivity contribution < 1.29 is 0 Å². The highest BCUT2D eigenvalue weighted by Crippen LogP contribution is 2.46. The highest BCUT2D eigenvalue weighted by atomic mass is 15.1. The fourth-order valence-electron chi connectivity index (χ4n) is 16.5. The van der Waals surface area contributed by atoms with E-state index in [1.54, 1.807) is 0 Å². The van der Waals surface area contributed by atoms with Crippen molar-refractivity contribution in [1.82, 2.24) is 0 Å². The van der Waals surface area contributed by atoms with Crippen LogP contribution in [0.4, 0.5) is 56.9 Å². The molecule has 0 saturated heterocycles. The van der Waals surface area contributed by atoms with Crippen molar-refractivity contribution >= 4 is 193 Å². The van der Waals surface area contributed by atoms with Gasteiger partial charge in [0.25, 0.3) is 0 Å². The average molecular weight is 1390 g/mol. The third kappa shape index (κ3) is 12.3. The van der Waals surface area contributed by atoms with Crippen LogP contribution in [0.15, 0.2) is 328 Å². The van der Waals surface area contributed by atoms with Crippen LogP contribution in [0.1, 0.15) is 55.6 Å². The Labute approximate surface area is 632 Å². The Hall–Kier alpha value is -13.7.